The molecule has 3 aliphatic rings. The molecular formula is C31H36O8. The summed E-state index contributed by atoms with van der Waals surface area (Å²) < 4.78 is 25.2. The molecule has 7 atom stereocenters. The van der Waals surface area contributed by atoms with Crippen molar-refractivity contribution in [3.63, 3.8) is 0 Å². The van der Waals surface area contributed by atoms with Crippen molar-refractivity contribution in [1.29, 1.82) is 0 Å². The van der Waals surface area contributed by atoms with Crippen molar-refractivity contribution < 1.29 is 38.4 Å². The molecule has 0 amide bonds. The maximum atomic E-state index is 13.4. The van der Waals surface area contributed by atoms with Crippen LogP contribution in [0.3, 0.4) is 0 Å². The Bertz CT molecular complexity index is 1260. The first kappa shape index (κ1) is 27.3. The van der Waals surface area contributed by atoms with E-state index in [1.54, 1.807) is 55.5 Å². The lowest BCUT2D eigenvalue weighted by Gasteiger charge is -2.64. The molecule has 5 rings (SSSR count). The van der Waals surface area contributed by atoms with Gasteiger partial charge in [0, 0.05) is 12.8 Å². The van der Waals surface area contributed by atoms with Crippen LogP contribution in [0.25, 0.3) is 0 Å². The van der Waals surface area contributed by atoms with Crippen LogP contribution in [0.1, 0.15) is 74.6 Å². The van der Waals surface area contributed by atoms with Crippen LogP contribution >= 0.6 is 0 Å². The molecular weight excluding hydrogens is 500 g/mol. The SMILES string of the molecule is CC(=O)O[C@@H]1[C@H]2C[C@H](OC(=O)c3ccccc3)[C@]3(C)[C@@H](OC(=O)c4ccccc4)CC[C@](C)(O)[C@@]13OC2(C)C. The van der Waals surface area contributed by atoms with Crippen molar-refractivity contribution in [2.24, 2.45) is 11.3 Å². The topological polar surface area (TPSA) is 108 Å². The third-order valence-electron chi connectivity index (χ3n) is 9.19. The van der Waals surface area contributed by atoms with E-state index in [1.807, 2.05) is 32.9 Å². The van der Waals surface area contributed by atoms with E-state index in [1.165, 1.54) is 6.92 Å². The van der Waals surface area contributed by atoms with Gasteiger partial charge in [-0.15, -0.1) is 0 Å². The summed E-state index contributed by atoms with van der Waals surface area (Å²) in [6.45, 7) is 8.59. The Labute approximate surface area is 228 Å². The van der Waals surface area contributed by atoms with Crippen LogP contribution in [0, 0.1) is 11.3 Å². The molecule has 1 spiro atoms. The molecule has 0 radical (unpaired) electrons. The summed E-state index contributed by atoms with van der Waals surface area (Å²) in [4.78, 5) is 39.1. The van der Waals surface area contributed by atoms with E-state index in [4.69, 9.17) is 18.9 Å². The number of fused-ring (bicyclic) bond motifs is 1. The first-order chi connectivity index (χ1) is 18.3. The first-order valence-corrected chi connectivity index (χ1v) is 13.5. The molecule has 1 saturated heterocycles. The maximum absolute atomic E-state index is 13.4. The van der Waals surface area contributed by atoms with Crippen LogP contribution in [0.4, 0.5) is 0 Å². The number of benzene rings is 2. The molecule has 2 bridgehead atoms. The Morgan fingerprint density at radius 1 is 0.821 bits per heavy atom. The van der Waals surface area contributed by atoms with Crippen LogP contribution in [-0.2, 0) is 23.7 Å². The molecule has 0 unspecified atom stereocenters. The van der Waals surface area contributed by atoms with E-state index in [0.29, 0.717) is 17.5 Å². The average molecular weight is 537 g/mol. The molecule has 8 nitrogen and oxygen atoms in total. The number of hydrogen-bond acceptors (Lipinski definition) is 8. The van der Waals surface area contributed by atoms with Crippen molar-refractivity contribution in [2.75, 3.05) is 0 Å². The van der Waals surface area contributed by atoms with E-state index < -0.39 is 64.4 Å². The van der Waals surface area contributed by atoms with E-state index in [2.05, 4.69) is 0 Å². The van der Waals surface area contributed by atoms with Gasteiger partial charge in [0.1, 0.15) is 23.9 Å². The highest BCUT2D eigenvalue weighted by molar-refractivity contribution is 5.90. The van der Waals surface area contributed by atoms with Crippen molar-refractivity contribution in [3.8, 4) is 0 Å². The lowest BCUT2D eigenvalue weighted by atomic mass is 9.47. The Morgan fingerprint density at radius 3 is 1.85 bits per heavy atom. The molecule has 208 valence electrons. The normalized spacial score (nSPS) is 36.4. The second-order valence-electron chi connectivity index (χ2n) is 11.9. The molecule has 2 aromatic rings. The van der Waals surface area contributed by atoms with Gasteiger partial charge in [0.05, 0.1) is 27.7 Å². The van der Waals surface area contributed by atoms with Gasteiger partial charge in [0.25, 0.3) is 0 Å². The second kappa shape index (κ2) is 9.45. The van der Waals surface area contributed by atoms with E-state index in [9.17, 15) is 19.5 Å². The first-order valence-electron chi connectivity index (χ1n) is 13.5. The van der Waals surface area contributed by atoms with Gasteiger partial charge in [-0.1, -0.05) is 36.4 Å². The summed E-state index contributed by atoms with van der Waals surface area (Å²) in [7, 11) is 0. The molecule has 8 heteroatoms. The lowest BCUT2D eigenvalue weighted by Crippen LogP contribution is -2.79. The van der Waals surface area contributed by atoms with Crippen molar-refractivity contribution >= 4 is 17.9 Å². The van der Waals surface area contributed by atoms with E-state index >= 15 is 0 Å². The molecule has 39 heavy (non-hydrogen) atoms. The summed E-state index contributed by atoms with van der Waals surface area (Å²) in [5.41, 5.74) is -4.38. The van der Waals surface area contributed by atoms with E-state index in [-0.39, 0.29) is 12.8 Å². The minimum absolute atomic E-state index is 0.218. The summed E-state index contributed by atoms with van der Waals surface area (Å²) in [6.07, 6.45) is -1.68. The summed E-state index contributed by atoms with van der Waals surface area (Å²) >= 11 is 0. The van der Waals surface area contributed by atoms with Gasteiger partial charge in [-0.25, -0.2) is 9.59 Å². The molecule has 1 aliphatic heterocycles. The Balaban J connectivity index is 1.64. The highest BCUT2D eigenvalue weighted by atomic mass is 16.6. The Morgan fingerprint density at radius 2 is 1.33 bits per heavy atom. The quantitative estimate of drug-likeness (QED) is 0.440. The summed E-state index contributed by atoms with van der Waals surface area (Å²) in [6, 6.07) is 17.3. The molecule has 1 heterocycles. The van der Waals surface area contributed by atoms with Crippen LogP contribution < -0.4 is 0 Å². The molecule has 2 aromatic carbocycles. The number of ether oxygens (including phenoxy) is 4. The number of carbonyl (C=O) groups is 3. The molecule has 2 aliphatic carbocycles. The predicted molar refractivity (Wildman–Crippen MR) is 141 cm³/mol. The Hall–Kier alpha value is -3.23. The second-order valence-corrected chi connectivity index (χ2v) is 11.9. The fourth-order valence-electron chi connectivity index (χ4n) is 7.31. The zero-order chi connectivity index (χ0) is 28.2. The van der Waals surface area contributed by atoms with Crippen LogP contribution in [0.5, 0.6) is 0 Å². The number of rotatable bonds is 5. The molecule has 1 N–H and O–H groups in total. The number of aliphatic hydroxyl groups is 1. The molecule has 2 saturated carbocycles. The van der Waals surface area contributed by atoms with Crippen molar-refractivity contribution in [3.05, 3.63) is 71.8 Å². The van der Waals surface area contributed by atoms with E-state index in [0.717, 1.165) is 0 Å². The van der Waals surface area contributed by atoms with Gasteiger partial charge >= 0.3 is 17.9 Å². The highest BCUT2D eigenvalue weighted by Crippen LogP contribution is 2.68. The smallest absolute Gasteiger partial charge is 0.338 e. The minimum atomic E-state index is -1.53. The Kier molecular flexibility index (Phi) is 6.63. The largest absolute Gasteiger partial charge is 0.459 e. The zero-order valence-corrected chi connectivity index (χ0v) is 23.0. The zero-order valence-electron chi connectivity index (χ0n) is 23.0. The standard InChI is InChI=1S/C31H36O8/c1-19(32)36-25-22-18-24(38-27(34)21-14-10-7-11-15-21)30(5)23(37-26(33)20-12-8-6-9-13-20)16-17-29(4,35)31(25,30)39-28(22,2)3/h6-15,22-25,35H,16-18H2,1-5H3/t22-,23+,24+,25-,29+,30+,31+/m1/s1. The van der Waals surface area contributed by atoms with Gasteiger partial charge < -0.3 is 24.1 Å². The third kappa shape index (κ3) is 4.16. The minimum Gasteiger partial charge on any atom is -0.459 e. The van der Waals surface area contributed by atoms with Crippen molar-refractivity contribution in [1.82, 2.24) is 0 Å². The average Bonchev–Trinajstić information content (AvgIpc) is 3.07. The van der Waals surface area contributed by atoms with Gasteiger partial charge in [-0.2, -0.15) is 0 Å². The van der Waals surface area contributed by atoms with Gasteiger partial charge in [0.2, 0.25) is 0 Å². The summed E-state index contributed by atoms with van der Waals surface area (Å²) in [5, 5.41) is 12.1. The fourth-order valence-corrected chi connectivity index (χ4v) is 7.31. The number of esters is 3. The number of hydrogen-bond donors (Lipinski definition) is 1. The van der Waals surface area contributed by atoms with Gasteiger partial charge in [-0.05, 0) is 71.2 Å². The molecule has 0 aromatic heterocycles. The summed E-state index contributed by atoms with van der Waals surface area (Å²) in [5.74, 6) is -1.96. The highest BCUT2D eigenvalue weighted by Gasteiger charge is 2.82. The lowest BCUT2D eigenvalue weighted by molar-refractivity contribution is -0.326. The van der Waals surface area contributed by atoms with Crippen LogP contribution in [-0.4, -0.2) is 58.1 Å². The third-order valence-corrected chi connectivity index (χ3v) is 9.19. The molecule has 3 fully saturated rings. The fraction of sp³-hybridized carbons (Fsp3) is 0.516. The van der Waals surface area contributed by atoms with Gasteiger partial charge in [0.15, 0.2) is 0 Å². The van der Waals surface area contributed by atoms with Crippen LogP contribution in [0.15, 0.2) is 60.7 Å². The maximum Gasteiger partial charge on any atom is 0.338 e. The number of carbonyl (C=O) groups excluding carboxylic acids is 3. The van der Waals surface area contributed by atoms with Crippen LogP contribution in [0.2, 0.25) is 0 Å². The predicted octanol–water partition coefficient (Wildman–Crippen LogP) is 4.49. The van der Waals surface area contributed by atoms with Crippen molar-refractivity contribution in [2.45, 2.75) is 89.0 Å². The van der Waals surface area contributed by atoms with Gasteiger partial charge in [-0.3, -0.25) is 4.79 Å². The monoisotopic (exact) mass is 536 g/mol.